The largest absolute Gasteiger partial charge is 0.492 e. The number of pyridine rings is 2. The van der Waals surface area contributed by atoms with Gasteiger partial charge in [0.1, 0.15) is 18.1 Å². The molecule has 7 heteroatoms. The van der Waals surface area contributed by atoms with Crippen molar-refractivity contribution in [2.75, 3.05) is 26.2 Å². The highest BCUT2D eigenvalue weighted by atomic mass is 16.5. The molecule has 4 heterocycles. The quantitative estimate of drug-likeness (QED) is 0.426. The maximum atomic E-state index is 13.1. The molecule has 4 aromatic rings. The lowest BCUT2D eigenvalue weighted by Gasteiger charge is -2.19. The molecule has 0 spiro atoms. The summed E-state index contributed by atoms with van der Waals surface area (Å²) in [6.45, 7) is 7.90. The Labute approximate surface area is 192 Å². The summed E-state index contributed by atoms with van der Waals surface area (Å²) in [5.74, 6) is 1.43. The molecule has 0 atom stereocenters. The van der Waals surface area contributed by atoms with Crippen molar-refractivity contribution < 1.29 is 9.26 Å². The predicted octanol–water partition coefficient (Wildman–Crippen LogP) is 4.19. The van der Waals surface area contributed by atoms with Gasteiger partial charge >= 0.3 is 0 Å². The van der Waals surface area contributed by atoms with Crippen molar-refractivity contribution in [3.05, 3.63) is 76.2 Å². The van der Waals surface area contributed by atoms with Crippen LogP contribution in [0.15, 0.2) is 58.0 Å². The molecule has 0 aliphatic carbocycles. The summed E-state index contributed by atoms with van der Waals surface area (Å²) in [4.78, 5) is 19.9. The van der Waals surface area contributed by atoms with Gasteiger partial charge in [-0.05, 0) is 75.5 Å². The summed E-state index contributed by atoms with van der Waals surface area (Å²) in [5.41, 5.74) is 4.02. The fourth-order valence-electron chi connectivity index (χ4n) is 4.68. The molecule has 170 valence electrons. The van der Waals surface area contributed by atoms with Crippen molar-refractivity contribution in [3.8, 4) is 16.9 Å². The maximum Gasteiger partial charge on any atom is 0.251 e. The number of fused-ring (bicyclic) bond motifs is 1. The van der Waals surface area contributed by atoms with Crippen LogP contribution in [0.4, 0.5) is 0 Å². The monoisotopic (exact) mass is 444 g/mol. The number of ether oxygens (including phenoxy) is 1. The summed E-state index contributed by atoms with van der Waals surface area (Å²) >= 11 is 0. The van der Waals surface area contributed by atoms with Crippen LogP contribution in [0.1, 0.15) is 30.0 Å². The number of nitrogens with zero attached hydrogens (tertiary/aromatic N) is 4. The number of aryl methyl sites for hydroxylation is 2. The first-order chi connectivity index (χ1) is 16.1. The van der Waals surface area contributed by atoms with Crippen LogP contribution in [0, 0.1) is 13.8 Å². The average Bonchev–Trinajstić information content (AvgIpc) is 3.46. The second-order valence-corrected chi connectivity index (χ2v) is 8.55. The van der Waals surface area contributed by atoms with Gasteiger partial charge in [-0.1, -0.05) is 11.2 Å². The van der Waals surface area contributed by atoms with E-state index in [1.54, 1.807) is 16.8 Å². The van der Waals surface area contributed by atoms with Crippen LogP contribution in [0.25, 0.3) is 22.0 Å². The van der Waals surface area contributed by atoms with Crippen LogP contribution in [-0.2, 0) is 6.54 Å². The van der Waals surface area contributed by atoms with E-state index in [2.05, 4.69) is 15.0 Å². The summed E-state index contributed by atoms with van der Waals surface area (Å²) < 4.78 is 13.6. The van der Waals surface area contributed by atoms with Gasteiger partial charge in [0, 0.05) is 18.8 Å². The van der Waals surface area contributed by atoms with Gasteiger partial charge in [0.2, 0.25) is 0 Å². The van der Waals surface area contributed by atoms with Gasteiger partial charge in [-0.2, -0.15) is 0 Å². The normalized spacial score (nSPS) is 14.2. The van der Waals surface area contributed by atoms with Crippen LogP contribution in [0.2, 0.25) is 0 Å². The zero-order valence-corrected chi connectivity index (χ0v) is 19.1. The van der Waals surface area contributed by atoms with Gasteiger partial charge in [-0.3, -0.25) is 14.7 Å². The van der Waals surface area contributed by atoms with E-state index in [1.165, 1.54) is 12.8 Å². The van der Waals surface area contributed by atoms with Crippen molar-refractivity contribution in [3.63, 3.8) is 0 Å². The van der Waals surface area contributed by atoms with Gasteiger partial charge < -0.3 is 13.8 Å². The molecule has 0 N–H and O–H groups in total. The lowest BCUT2D eigenvalue weighted by molar-refractivity contribution is 0.238. The molecule has 5 rings (SSSR count). The van der Waals surface area contributed by atoms with Gasteiger partial charge in [0.25, 0.3) is 5.56 Å². The first kappa shape index (κ1) is 21.4. The van der Waals surface area contributed by atoms with Gasteiger partial charge in [0.15, 0.2) is 0 Å². The summed E-state index contributed by atoms with van der Waals surface area (Å²) in [6, 6.07) is 13.2. The molecular formula is C26H28N4O3. The molecule has 1 aliphatic rings. The standard InChI is InChI=1S/C26H28N4O3/c1-18-24(19(2)33-28-18)25-22(32-16-15-29-13-5-6-14-29)10-8-20-9-11-23(31)30(26(20)25)17-21-7-3-4-12-27-21/h3-4,7-12H,5-6,13-17H2,1-2H3. The van der Waals surface area contributed by atoms with Gasteiger partial charge in [-0.15, -0.1) is 0 Å². The Hall–Kier alpha value is -3.45. The molecule has 0 bridgehead atoms. The smallest absolute Gasteiger partial charge is 0.251 e. The number of rotatable bonds is 7. The number of likely N-dealkylation sites (tertiary alicyclic amines) is 1. The van der Waals surface area contributed by atoms with E-state index in [4.69, 9.17) is 9.26 Å². The molecule has 0 amide bonds. The van der Waals surface area contributed by atoms with E-state index in [0.717, 1.165) is 58.8 Å². The number of hydrogen-bond acceptors (Lipinski definition) is 6. The molecule has 1 aromatic carbocycles. The van der Waals surface area contributed by atoms with Crippen molar-refractivity contribution in [1.29, 1.82) is 0 Å². The zero-order valence-electron chi connectivity index (χ0n) is 19.1. The number of hydrogen-bond donors (Lipinski definition) is 0. The Balaban J connectivity index is 1.66. The topological polar surface area (TPSA) is 73.4 Å². The Bertz CT molecular complexity index is 1300. The second-order valence-electron chi connectivity index (χ2n) is 8.55. The minimum Gasteiger partial charge on any atom is -0.492 e. The molecule has 0 radical (unpaired) electrons. The molecule has 33 heavy (non-hydrogen) atoms. The van der Waals surface area contributed by atoms with Crippen LogP contribution in [-0.4, -0.2) is 45.8 Å². The fraction of sp³-hybridized carbons (Fsp3) is 0.346. The van der Waals surface area contributed by atoms with E-state index in [9.17, 15) is 4.79 Å². The predicted molar refractivity (Wildman–Crippen MR) is 128 cm³/mol. The van der Waals surface area contributed by atoms with E-state index < -0.39 is 0 Å². The molecule has 1 fully saturated rings. The minimum atomic E-state index is -0.0876. The molecule has 1 aliphatic heterocycles. The highest BCUT2D eigenvalue weighted by Gasteiger charge is 2.22. The highest BCUT2D eigenvalue weighted by molar-refractivity contribution is 5.98. The third-order valence-corrected chi connectivity index (χ3v) is 6.31. The summed E-state index contributed by atoms with van der Waals surface area (Å²) in [7, 11) is 0. The molecule has 0 unspecified atom stereocenters. The van der Waals surface area contributed by atoms with E-state index in [1.807, 2.05) is 50.2 Å². The van der Waals surface area contributed by atoms with Crippen molar-refractivity contribution in [2.45, 2.75) is 33.2 Å². The Kier molecular flexibility index (Phi) is 5.96. The summed E-state index contributed by atoms with van der Waals surface area (Å²) in [5, 5.41) is 5.13. The second kappa shape index (κ2) is 9.19. The first-order valence-corrected chi connectivity index (χ1v) is 11.5. The van der Waals surface area contributed by atoms with E-state index >= 15 is 0 Å². The average molecular weight is 445 g/mol. The molecule has 0 saturated carbocycles. The minimum absolute atomic E-state index is 0.0876. The molecule has 7 nitrogen and oxygen atoms in total. The van der Waals surface area contributed by atoms with E-state index in [0.29, 0.717) is 18.9 Å². The molecular weight excluding hydrogens is 416 g/mol. The lowest BCUT2D eigenvalue weighted by Crippen LogP contribution is -2.25. The first-order valence-electron chi connectivity index (χ1n) is 11.5. The van der Waals surface area contributed by atoms with Crippen molar-refractivity contribution in [1.82, 2.24) is 19.6 Å². The fourth-order valence-corrected chi connectivity index (χ4v) is 4.68. The Morgan fingerprint density at radius 3 is 2.58 bits per heavy atom. The molecule has 3 aromatic heterocycles. The third kappa shape index (κ3) is 4.28. The summed E-state index contributed by atoms with van der Waals surface area (Å²) in [6.07, 6.45) is 4.24. The number of benzene rings is 1. The van der Waals surface area contributed by atoms with Gasteiger partial charge in [0.05, 0.1) is 34.6 Å². The number of aromatic nitrogens is 3. The van der Waals surface area contributed by atoms with E-state index in [-0.39, 0.29) is 5.56 Å². The lowest BCUT2D eigenvalue weighted by atomic mass is 9.98. The Morgan fingerprint density at radius 1 is 1.03 bits per heavy atom. The van der Waals surface area contributed by atoms with Gasteiger partial charge in [-0.25, -0.2) is 0 Å². The Morgan fingerprint density at radius 2 is 1.85 bits per heavy atom. The zero-order chi connectivity index (χ0) is 22.8. The van der Waals surface area contributed by atoms with Crippen molar-refractivity contribution >= 4 is 10.9 Å². The highest BCUT2D eigenvalue weighted by Crippen LogP contribution is 2.40. The SMILES string of the molecule is Cc1noc(C)c1-c1c(OCCN2CCCC2)ccc2ccc(=O)n(Cc3ccccn3)c12. The maximum absolute atomic E-state index is 13.1. The molecule has 1 saturated heterocycles. The third-order valence-electron chi connectivity index (χ3n) is 6.31. The van der Waals surface area contributed by atoms with Crippen LogP contribution in [0.3, 0.4) is 0 Å². The van der Waals surface area contributed by atoms with Crippen LogP contribution in [0.5, 0.6) is 5.75 Å². The van der Waals surface area contributed by atoms with Crippen LogP contribution >= 0.6 is 0 Å². The van der Waals surface area contributed by atoms with Crippen molar-refractivity contribution in [2.24, 2.45) is 0 Å². The van der Waals surface area contributed by atoms with Crippen LogP contribution < -0.4 is 10.3 Å².